The van der Waals surface area contributed by atoms with E-state index in [0.29, 0.717) is 12.4 Å². The third-order valence-corrected chi connectivity index (χ3v) is 4.28. The fourth-order valence-electron chi connectivity index (χ4n) is 1.72. The van der Waals surface area contributed by atoms with Crippen molar-refractivity contribution in [3.63, 3.8) is 0 Å². The van der Waals surface area contributed by atoms with E-state index in [-0.39, 0.29) is 11.9 Å². The van der Waals surface area contributed by atoms with Crippen molar-refractivity contribution < 1.29 is 9.53 Å². The van der Waals surface area contributed by atoms with Gasteiger partial charge in [-0.3, -0.25) is 4.79 Å². The molecule has 0 aliphatic carbocycles. The molecule has 0 radical (unpaired) electrons. The minimum atomic E-state index is -0.165. The molecule has 110 valence electrons. The van der Waals surface area contributed by atoms with Crippen LogP contribution in [0.3, 0.4) is 0 Å². The summed E-state index contributed by atoms with van der Waals surface area (Å²) in [5.41, 5.74) is 7.39. The van der Waals surface area contributed by atoms with Crippen molar-refractivity contribution in [1.29, 1.82) is 0 Å². The van der Waals surface area contributed by atoms with E-state index in [1.54, 1.807) is 11.8 Å². The maximum atomic E-state index is 11.9. The maximum absolute atomic E-state index is 11.9. The van der Waals surface area contributed by atoms with Crippen LogP contribution >= 0.6 is 11.8 Å². The first kappa shape index (κ1) is 15.4. The number of thioether (sulfide) groups is 1. The van der Waals surface area contributed by atoms with Gasteiger partial charge in [0.2, 0.25) is 0 Å². The van der Waals surface area contributed by atoms with E-state index in [1.165, 1.54) is 0 Å². The molecule has 0 aromatic heterocycles. The Hall–Kier alpha value is -1.94. The van der Waals surface area contributed by atoms with Gasteiger partial charge in [0.1, 0.15) is 6.61 Å². The van der Waals surface area contributed by atoms with Gasteiger partial charge < -0.3 is 10.5 Å². The highest BCUT2D eigenvalue weighted by Crippen LogP contribution is 2.22. The van der Waals surface area contributed by atoms with Crippen molar-refractivity contribution in [2.75, 3.05) is 11.5 Å². The van der Waals surface area contributed by atoms with Crippen LogP contribution < -0.4 is 5.73 Å². The molecule has 2 rings (SSSR count). The van der Waals surface area contributed by atoms with Gasteiger partial charge in [0.25, 0.3) is 0 Å². The molecule has 1 atom stereocenters. The van der Waals surface area contributed by atoms with Crippen LogP contribution in [0.5, 0.6) is 0 Å². The SMILES string of the molecule is CC(CSc1ccc(N)cc1)C(=O)OCc1ccccc1. The molecule has 0 aliphatic heterocycles. The normalized spacial score (nSPS) is 11.9. The van der Waals surface area contributed by atoms with Crippen LogP contribution in [0.1, 0.15) is 12.5 Å². The van der Waals surface area contributed by atoms with Gasteiger partial charge in [-0.15, -0.1) is 11.8 Å². The summed E-state index contributed by atoms with van der Waals surface area (Å²) in [4.78, 5) is 13.0. The summed E-state index contributed by atoms with van der Waals surface area (Å²) in [5, 5.41) is 0. The van der Waals surface area contributed by atoms with Gasteiger partial charge in [0.15, 0.2) is 0 Å². The smallest absolute Gasteiger partial charge is 0.309 e. The Kier molecular flexibility index (Phi) is 5.69. The third kappa shape index (κ3) is 5.16. The second-order valence-corrected chi connectivity index (χ2v) is 5.97. The molecule has 0 saturated heterocycles. The van der Waals surface area contributed by atoms with E-state index in [4.69, 9.17) is 10.5 Å². The zero-order valence-electron chi connectivity index (χ0n) is 12.0. The highest BCUT2D eigenvalue weighted by molar-refractivity contribution is 7.99. The summed E-state index contributed by atoms with van der Waals surface area (Å²) in [6, 6.07) is 17.3. The summed E-state index contributed by atoms with van der Waals surface area (Å²) in [6.45, 7) is 2.22. The van der Waals surface area contributed by atoms with Crippen LogP contribution in [-0.4, -0.2) is 11.7 Å². The third-order valence-electron chi connectivity index (χ3n) is 3.01. The van der Waals surface area contributed by atoms with Crippen molar-refractivity contribution in [3.8, 4) is 0 Å². The summed E-state index contributed by atoms with van der Waals surface area (Å²) in [7, 11) is 0. The second-order valence-electron chi connectivity index (χ2n) is 4.87. The first-order chi connectivity index (χ1) is 10.1. The van der Waals surface area contributed by atoms with Crippen molar-refractivity contribution in [1.82, 2.24) is 0 Å². The number of esters is 1. The van der Waals surface area contributed by atoms with Gasteiger partial charge in [-0.05, 0) is 29.8 Å². The van der Waals surface area contributed by atoms with Crippen LogP contribution in [0.4, 0.5) is 5.69 Å². The Balaban J connectivity index is 1.76. The van der Waals surface area contributed by atoms with Crippen LogP contribution in [0, 0.1) is 5.92 Å². The van der Waals surface area contributed by atoms with Gasteiger partial charge in [0, 0.05) is 16.3 Å². The molecule has 1 unspecified atom stereocenters. The maximum Gasteiger partial charge on any atom is 0.309 e. The molecule has 0 amide bonds. The highest BCUT2D eigenvalue weighted by Gasteiger charge is 2.14. The fourth-order valence-corrected chi connectivity index (χ4v) is 2.63. The number of nitrogen functional groups attached to an aromatic ring is 1. The van der Waals surface area contributed by atoms with Crippen molar-refractivity contribution in [2.24, 2.45) is 5.92 Å². The van der Waals surface area contributed by atoms with Crippen LogP contribution in [-0.2, 0) is 16.1 Å². The van der Waals surface area contributed by atoms with Crippen molar-refractivity contribution in [2.45, 2.75) is 18.4 Å². The second kappa shape index (κ2) is 7.74. The minimum absolute atomic E-state index is 0.142. The molecular weight excluding hydrogens is 282 g/mol. The van der Waals surface area contributed by atoms with Crippen LogP contribution in [0.15, 0.2) is 59.5 Å². The monoisotopic (exact) mass is 301 g/mol. The van der Waals surface area contributed by atoms with Gasteiger partial charge in [0.05, 0.1) is 5.92 Å². The molecule has 21 heavy (non-hydrogen) atoms. The quantitative estimate of drug-likeness (QED) is 0.501. The average Bonchev–Trinajstić information content (AvgIpc) is 2.52. The topological polar surface area (TPSA) is 52.3 Å². The Morgan fingerprint density at radius 2 is 1.81 bits per heavy atom. The van der Waals surface area contributed by atoms with E-state index < -0.39 is 0 Å². The number of hydrogen-bond donors (Lipinski definition) is 1. The number of nitrogens with two attached hydrogens (primary N) is 1. The van der Waals surface area contributed by atoms with E-state index in [2.05, 4.69) is 0 Å². The molecule has 0 spiro atoms. The van der Waals surface area contributed by atoms with Gasteiger partial charge in [-0.25, -0.2) is 0 Å². The largest absolute Gasteiger partial charge is 0.461 e. The predicted molar refractivity (Wildman–Crippen MR) is 87.0 cm³/mol. The van der Waals surface area contributed by atoms with Crippen LogP contribution in [0.2, 0.25) is 0 Å². The zero-order valence-corrected chi connectivity index (χ0v) is 12.8. The molecule has 0 aliphatic rings. The number of rotatable bonds is 6. The standard InChI is InChI=1S/C17H19NO2S/c1-13(12-21-16-9-7-15(18)8-10-16)17(19)20-11-14-5-3-2-4-6-14/h2-10,13H,11-12,18H2,1H3. The summed E-state index contributed by atoms with van der Waals surface area (Å²) < 4.78 is 5.33. The van der Waals surface area contributed by atoms with Crippen molar-refractivity contribution in [3.05, 3.63) is 60.2 Å². The highest BCUT2D eigenvalue weighted by atomic mass is 32.2. The molecule has 2 aromatic carbocycles. The molecule has 0 bridgehead atoms. The predicted octanol–water partition coefficient (Wildman–Crippen LogP) is 3.74. The Labute approximate surface area is 129 Å². The lowest BCUT2D eigenvalue weighted by Gasteiger charge is -2.11. The zero-order chi connectivity index (χ0) is 15.1. The molecule has 0 fully saturated rings. The lowest BCUT2D eigenvalue weighted by molar-refractivity contribution is -0.148. The van der Waals surface area contributed by atoms with Gasteiger partial charge >= 0.3 is 5.97 Å². The van der Waals surface area contributed by atoms with Gasteiger partial charge in [-0.2, -0.15) is 0 Å². The van der Waals surface area contributed by atoms with E-state index in [1.807, 2.05) is 61.5 Å². The molecule has 2 aromatic rings. The Morgan fingerprint density at radius 3 is 2.48 bits per heavy atom. The number of hydrogen-bond acceptors (Lipinski definition) is 4. The minimum Gasteiger partial charge on any atom is -0.461 e. The Morgan fingerprint density at radius 1 is 1.14 bits per heavy atom. The number of ether oxygens (including phenoxy) is 1. The van der Waals surface area contributed by atoms with E-state index in [0.717, 1.165) is 16.1 Å². The summed E-state index contributed by atoms with van der Waals surface area (Å²) in [5.74, 6) is 0.385. The number of carbonyl (C=O) groups excluding carboxylic acids is 1. The van der Waals surface area contributed by atoms with Gasteiger partial charge in [-0.1, -0.05) is 37.3 Å². The lowest BCUT2D eigenvalue weighted by Crippen LogP contribution is -2.16. The molecule has 2 N–H and O–H groups in total. The average molecular weight is 301 g/mol. The molecular formula is C17H19NO2S. The molecule has 0 saturated carbocycles. The Bertz CT molecular complexity index is 569. The summed E-state index contributed by atoms with van der Waals surface area (Å²) in [6.07, 6.45) is 0. The molecule has 4 heteroatoms. The first-order valence-corrected chi connectivity index (χ1v) is 7.82. The van der Waals surface area contributed by atoms with Crippen molar-refractivity contribution >= 4 is 23.4 Å². The number of benzene rings is 2. The molecule has 3 nitrogen and oxygen atoms in total. The van der Waals surface area contributed by atoms with Crippen LogP contribution in [0.25, 0.3) is 0 Å². The first-order valence-electron chi connectivity index (χ1n) is 6.84. The number of anilines is 1. The molecule has 0 heterocycles. The fraction of sp³-hybridized carbons (Fsp3) is 0.235. The summed E-state index contributed by atoms with van der Waals surface area (Å²) >= 11 is 1.63. The van der Waals surface area contributed by atoms with E-state index >= 15 is 0 Å². The number of carbonyl (C=O) groups is 1. The van der Waals surface area contributed by atoms with E-state index in [9.17, 15) is 4.79 Å². The lowest BCUT2D eigenvalue weighted by atomic mass is 10.2.